The molecule has 1 aliphatic heterocycles. The first-order valence-electron chi connectivity index (χ1n) is 7.68. The van der Waals surface area contributed by atoms with Gasteiger partial charge in [-0.15, -0.1) is 0 Å². The molecule has 1 saturated heterocycles. The molecule has 3 heteroatoms. The van der Waals surface area contributed by atoms with E-state index in [1.165, 1.54) is 38.5 Å². The lowest BCUT2D eigenvalue weighted by molar-refractivity contribution is 0.0797. The molecule has 2 aliphatic rings. The van der Waals surface area contributed by atoms with Crippen molar-refractivity contribution in [2.24, 2.45) is 5.41 Å². The van der Waals surface area contributed by atoms with Crippen LogP contribution in [0.15, 0.2) is 28.7 Å². The summed E-state index contributed by atoms with van der Waals surface area (Å²) < 4.78 is 0.979. The van der Waals surface area contributed by atoms with Gasteiger partial charge in [0.25, 0.3) is 0 Å². The first-order valence-corrected chi connectivity index (χ1v) is 8.47. The van der Waals surface area contributed by atoms with E-state index in [1.54, 1.807) is 0 Å². The highest BCUT2D eigenvalue weighted by Gasteiger charge is 2.37. The molecule has 0 radical (unpaired) electrons. The van der Waals surface area contributed by atoms with Crippen LogP contribution >= 0.6 is 15.9 Å². The highest BCUT2D eigenvalue weighted by Crippen LogP contribution is 2.46. The number of likely N-dealkylation sites (tertiary alicyclic amines) is 1. The largest absolute Gasteiger partial charge is 0.296 e. The highest BCUT2D eigenvalue weighted by atomic mass is 79.9. The zero-order valence-corrected chi connectivity index (χ0v) is 13.5. The quantitative estimate of drug-likeness (QED) is 0.768. The molecule has 1 aromatic carbocycles. The fraction of sp³-hybridized carbons (Fsp3) is 0.588. The number of nitrogens with zero attached hydrogens (tertiary/aromatic N) is 1. The van der Waals surface area contributed by atoms with E-state index in [4.69, 9.17) is 0 Å². The second-order valence-electron chi connectivity index (χ2n) is 6.42. The lowest BCUT2D eigenvalue weighted by Crippen LogP contribution is -2.41. The van der Waals surface area contributed by atoms with Crippen LogP contribution in [0.1, 0.15) is 48.9 Å². The lowest BCUT2D eigenvalue weighted by atomic mass is 9.77. The topological polar surface area (TPSA) is 20.3 Å². The molecule has 0 amide bonds. The highest BCUT2D eigenvalue weighted by molar-refractivity contribution is 9.10. The summed E-state index contributed by atoms with van der Waals surface area (Å²) in [5.41, 5.74) is 1.45. The van der Waals surface area contributed by atoms with Gasteiger partial charge in [-0.2, -0.15) is 0 Å². The number of rotatable bonds is 3. The molecule has 1 heterocycles. The zero-order chi connectivity index (χ0) is 14.0. The van der Waals surface area contributed by atoms with Crippen LogP contribution in [0, 0.1) is 5.41 Å². The van der Waals surface area contributed by atoms with E-state index in [9.17, 15) is 4.79 Å². The maximum atomic E-state index is 12.3. The fourth-order valence-corrected chi connectivity index (χ4v) is 4.17. The van der Waals surface area contributed by atoms with E-state index in [0.717, 1.165) is 23.1 Å². The standard InChI is InChI=1S/C17H22BrNO/c18-15-5-3-4-14(12-15)16(20)13-19-10-8-17(9-11-19)6-1-2-7-17/h3-5,12H,1-2,6-11,13H2. The summed E-state index contributed by atoms with van der Waals surface area (Å²) in [6.07, 6.45) is 8.24. The maximum Gasteiger partial charge on any atom is 0.176 e. The van der Waals surface area contributed by atoms with E-state index in [0.29, 0.717) is 12.0 Å². The summed E-state index contributed by atoms with van der Waals surface area (Å²) in [7, 11) is 0. The van der Waals surface area contributed by atoms with E-state index in [1.807, 2.05) is 24.3 Å². The number of ketones is 1. The molecule has 1 saturated carbocycles. The number of hydrogen-bond acceptors (Lipinski definition) is 2. The first-order chi connectivity index (χ1) is 9.67. The van der Waals surface area contributed by atoms with Gasteiger partial charge < -0.3 is 0 Å². The third-order valence-corrected chi connectivity index (χ3v) is 5.59. The molecule has 0 bridgehead atoms. The predicted molar refractivity (Wildman–Crippen MR) is 85.0 cm³/mol. The molecule has 0 N–H and O–H groups in total. The van der Waals surface area contributed by atoms with Gasteiger partial charge in [0.15, 0.2) is 5.78 Å². The van der Waals surface area contributed by atoms with Crippen LogP contribution in [-0.2, 0) is 0 Å². The van der Waals surface area contributed by atoms with Crippen molar-refractivity contribution >= 4 is 21.7 Å². The van der Waals surface area contributed by atoms with Gasteiger partial charge >= 0.3 is 0 Å². The van der Waals surface area contributed by atoms with E-state index in [2.05, 4.69) is 20.8 Å². The van der Waals surface area contributed by atoms with Crippen LogP contribution in [0.25, 0.3) is 0 Å². The molecule has 3 rings (SSSR count). The van der Waals surface area contributed by atoms with Crippen molar-refractivity contribution in [3.63, 3.8) is 0 Å². The Morgan fingerprint density at radius 3 is 2.50 bits per heavy atom. The summed E-state index contributed by atoms with van der Waals surface area (Å²) in [6, 6.07) is 7.73. The minimum atomic E-state index is 0.244. The summed E-state index contributed by atoms with van der Waals surface area (Å²) >= 11 is 3.43. The SMILES string of the molecule is O=C(CN1CCC2(CCCC2)CC1)c1cccc(Br)c1. The molecule has 2 fully saturated rings. The third kappa shape index (κ3) is 3.15. The summed E-state index contributed by atoms with van der Waals surface area (Å²) in [6.45, 7) is 2.77. The molecule has 108 valence electrons. The van der Waals surface area contributed by atoms with E-state index in [-0.39, 0.29) is 5.78 Å². The van der Waals surface area contributed by atoms with Crippen LogP contribution in [0.2, 0.25) is 0 Å². The predicted octanol–water partition coefficient (Wildman–Crippen LogP) is 4.29. The summed E-state index contributed by atoms with van der Waals surface area (Å²) in [4.78, 5) is 14.7. The third-order valence-electron chi connectivity index (χ3n) is 5.09. The molecular formula is C17H22BrNO. The monoisotopic (exact) mass is 335 g/mol. The van der Waals surface area contributed by atoms with Gasteiger partial charge in [0.2, 0.25) is 0 Å². The second kappa shape index (κ2) is 5.98. The van der Waals surface area contributed by atoms with Gasteiger partial charge in [-0.3, -0.25) is 9.69 Å². The summed E-state index contributed by atoms with van der Waals surface area (Å²) in [5, 5.41) is 0. The Hall–Kier alpha value is -0.670. The van der Waals surface area contributed by atoms with Crippen LogP contribution in [0.4, 0.5) is 0 Å². The average Bonchev–Trinajstić information content (AvgIpc) is 2.90. The summed E-state index contributed by atoms with van der Waals surface area (Å²) in [5.74, 6) is 0.244. The Morgan fingerprint density at radius 2 is 1.85 bits per heavy atom. The number of Topliss-reactive ketones (excluding diaryl/α,β-unsaturated/α-hetero) is 1. The Labute approximate surface area is 129 Å². The lowest BCUT2D eigenvalue weighted by Gasteiger charge is -2.39. The molecule has 1 aliphatic carbocycles. The van der Waals surface area contributed by atoms with Gasteiger partial charge in [0, 0.05) is 10.0 Å². The number of carbonyl (C=O) groups excluding carboxylic acids is 1. The van der Waals surface area contributed by atoms with Crippen molar-refractivity contribution in [1.82, 2.24) is 4.90 Å². The maximum absolute atomic E-state index is 12.3. The minimum Gasteiger partial charge on any atom is -0.296 e. The van der Waals surface area contributed by atoms with Crippen molar-refractivity contribution < 1.29 is 4.79 Å². The normalized spacial score (nSPS) is 22.2. The van der Waals surface area contributed by atoms with E-state index < -0.39 is 0 Å². The Bertz CT molecular complexity index is 484. The van der Waals surface area contributed by atoms with Gasteiger partial charge in [-0.05, 0) is 56.3 Å². The van der Waals surface area contributed by atoms with Crippen LogP contribution in [-0.4, -0.2) is 30.3 Å². The number of piperidine rings is 1. The van der Waals surface area contributed by atoms with E-state index >= 15 is 0 Å². The molecule has 0 aromatic heterocycles. The van der Waals surface area contributed by atoms with Crippen molar-refractivity contribution in [1.29, 1.82) is 0 Å². The molecule has 0 atom stereocenters. The molecular weight excluding hydrogens is 314 g/mol. The Morgan fingerprint density at radius 1 is 1.15 bits per heavy atom. The number of halogens is 1. The molecule has 2 nitrogen and oxygen atoms in total. The minimum absolute atomic E-state index is 0.244. The fourth-order valence-electron chi connectivity index (χ4n) is 3.77. The van der Waals surface area contributed by atoms with Crippen LogP contribution in [0.5, 0.6) is 0 Å². The average molecular weight is 336 g/mol. The Kier molecular flexibility index (Phi) is 4.27. The first kappa shape index (κ1) is 14.3. The van der Waals surface area contributed by atoms with Crippen molar-refractivity contribution in [3.8, 4) is 0 Å². The number of carbonyl (C=O) groups is 1. The van der Waals surface area contributed by atoms with Gasteiger partial charge in [0.1, 0.15) is 0 Å². The Balaban J connectivity index is 1.55. The number of hydrogen-bond donors (Lipinski definition) is 0. The molecule has 1 aromatic rings. The second-order valence-corrected chi connectivity index (χ2v) is 7.33. The number of benzene rings is 1. The van der Waals surface area contributed by atoms with Gasteiger partial charge in [-0.1, -0.05) is 40.9 Å². The zero-order valence-electron chi connectivity index (χ0n) is 11.9. The van der Waals surface area contributed by atoms with Crippen LogP contribution < -0.4 is 0 Å². The van der Waals surface area contributed by atoms with Gasteiger partial charge in [0.05, 0.1) is 6.54 Å². The molecule has 0 unspecified atom stereocenters. The van der Waals surface area contributed by atoms with Gasteiger partial charge in [-0.25, -0.2) is 0 Å². The molecule has 20 heavy (non-hydrogen) atoms. The molecule has 1 spiro atoms. The van der Waals surface area contributed by atoms with Crippen molar-refractivity contribution in [2.75, 3.05) is 19.6 Å². The van der Waals surface area contributed by atoms with Crippen molar-refractivity contribution in [3.05, 3.63) is 34.3 Å². The van der Waals surface area contributed by atoms with Crippen LogP contribution in [0.3, 0.4) is 0 Å². The van der Waals surface area contributed by atoms with Crippen molar-refractivity contribution in [2.45, 2.75) is 38.5 Å². The smallest absolute Gasteiger partial charge is 0.176 e.